The van der Waals surface area contributed by atoms with Crippen LogP contribution >= 0.6 is 0 Å². The second-order valence-electron chi connectivity index (χ2n) is 8.78. The molecule has 5 nitrogen and oxygen atoms in total. The van der Waals surface area contributed by atoms with Gasteiger partial charge in [-0.1, -0.05) is 60.7 Å². The van der Waals surface area contributed by atoms with E-state index in [4.69, 9.17) is 0 Å². The number of amides is 1. The first kappa shape index (κ1) is 24.1. The Hall–Kier alpha value is -3.03. The second-order valence-corrected chi connectivity index (χ2v) is 10.5. The summed E-state index contributed by atoms with van der Waals surface area (Å²) in [6, 6.07) is 23.3. The van der Waals surface area contributed by atoms with Crippen molar-refractivity contribution >= 4 is 15.9 Å². The maximum atomic E-state index is 13.5. The van der Waals surface area contributed by atoms with Crippen LogP contribution in [0.4, 0.5) is 4.39 Å². The molecular weight excluding hydrogens is 451 g/mol. The van der Waals surface area contributed by atoms with Gasteiger partial charge in [-0.3, -0.25) is 4.79 Å². The Bertz CT molecular complexity index is 1180. The summed E-state index contributed by atoms with van der Waals surface area (Å²) < 4.78 is 41.8. The van der Waals surface area contributed by atoms with Crippen molar-refractivity contribution in [3.63, 3.8) is 0 Å². The number of likely N-dealkylation sites (tertiary alicyclic amines) is 1. The van der Waals surface area contributed by atoms with E-state index in [0.717, 1.165) is 37.0 Å². The summed E-state index contributed by atoms with van der Waals surface area (Å²) in [5, 5.41) is 0. The van der Waals surface area contributed by atoms with Gasteiger partial charge in [-0.2, -0.15) is 4.72 Å². The normalized spacial score (nSPS) is 15.7. The first-order valence-corrected chi connectivity index (χ1v) is 13.0. The van der Waals surface area contributed by atoms with Gasteiger partial charge in [-0.05, 0) is 67.0 Å². The summed E-state index contributed by atoms with van der Waals surface area (Å²) >= 11 is 0. The highest BCUT2D eigenvalue weighted by Crippen LogP contribution is 2.23. The fraction of sp³-hybridized carbons (Fsp3) is 0.296. The highest BCUT2D eigenvalue weighted by atomic mass is 32.2. The van der Waals surface area contributed by atoms with Crippen LogP contribution < -0.4 is 4.72 Å². The zero-order chi connectivity index (χ0) is 24.0. The van der Waals surface area contributed by atoms with Crippen molar-refractivity contribution in [2.24, 2.45) is 5.92 Å². The van der Waals surface area contributed by atoms with Gasteiger partial charge in [0, 0.05) is 13.1 Å². The molecule has 1 fully saturated rings. The highest BCUT2D eigenvalue weighted by molar-refractivity contribution is 7.89. The van der Waals surface area contributed by atoms with Crippen LogP contribution in [0.2, 0.25) is 0 Å². The average molecular weight is 481 g/mol. The van der Waals surface area contributed by atoms with Crippen LogP contribution in [0, 0.1) is 11.7 Å². The molecule has 0 radical (unpaired) electrons. The topological polar surface area (TPSA) is 66.5 Å². The number of nitrogens with zero attached hydrogens (tertiary/aromatic N) is 1. The van der Waals surface area contributed by atoms with E-state index in [1.807, 2.05) is 48.5 Å². The minimum Gasteiger partial charge on any atom is -0.341 e. The van der Waals surface area contributed by atoms with Crippen molar-refractivity contribution in [2.45, 2.75) is 36.6 Å². The molecule has 1 aliphatic heterocycles. The number of rotatable bonds is 8. The van der Waals surface area contributed by atoms with Crippen LogP contribution in [0.3, 0.4) is 0 Å². The molecule has 0 aromatic heterocycles. The molecule has 1 N–H and O–H groups in total. The minimum atomic E-state index is -4.00. The molecule has 34 heavy (non-hydrogen) atoms. The van der Waals surface area contributed by atoms with Crippen molar-refractivity contribution < 1.29 is 17.6 Å². The predicted octanol–water partition coefficient (Wildman–Crippen LogP) is 4.20. The summed E-state index contributed by atoms with van der Waals surface area (Å²) in [6.45, 7) is 1.19. The van der Waals surface area contributed by atoms with Gasteiger partial charge in [0.25, 0.3) is 0 Å². The monoisotopic (exact) mass is 480 g/mol. The number of piperidine rings is 1. The molecule has 1 atom stereocenters. The summed E-state index contributed by atoms with van der Waals surface area (Å²) in [4.78, 5) is 15.2. The SMILES string of the molecule is O=C([C@@H](Cc1ccccc1)NS(=O)(=O)c1ccc(F)cc1)N1CCC(Cc2ccccc2)CC1. The molecule has 0 saturated carbocycles. The van der Waals surface area contributed by atoms with Crippen molar-refractivity contribution in [3.05, 3.63) is 102 Å². The van der Waals surface area contributed by atoms with Gasteiger partial charge < -0.3 is 4.90 Å². The van der Waals surface area contributed by atoms with Crippen LogP contribution in [0.5, 0.6) is 0 Å². The van der Waals surface area contributed by atoms with Crippen LogP contribution in [0.15, 0.2) is 89.8 Å². The number of halogens is 1. The summed E-state index contributed by atoms with van der Waals surface area (Å²) in [5.41, 5.74) is 2.16. The molecule has 1 heterocycles. The summed E-state index contributed by atoms with van der Waals surface area (Å²) in [5.74, 6) is -0.253. The van der Waals surface area contributed by atoms with Gasteiger partial charge in [0.2, 0.25) is 15.9 Å². The molecule has 4 rings (SSSR count). The molecule has 178 valence electrons. The van der Waals surface area contributed by atoms with E-state index < -0.39 is 21.9 Å². The van der Waals surface area contributed by atoms with E-state index in [9.17, 15) is 17.6 Å². The fourth-order valence-corrected chi connectivity index (χ4v) is 5.61. The number of sulfonamides is 1. The van der Waals surface area contributed by atoms with Gasteiger partial charge in [0.15, 0.2) is 0 Å². The molecule has 3 aromatic carbocycles. The lowest BCUT2D eigenvalue weighted by Crippen LogP contribution is -2.51. The molecule has 1 saturated heterocycles. The molecule has 0 bridgehead atoms. The molecule has 1 amide bonds. The maximum absolute atomic E-state index is 13.5. The van der Waals surface area contributed by atoms with E-state index in [0.29, 0.717) is 19.0 Å². The van der Waals surface area contributed by atoms with Crippen LogP contribution in [-0.2, 0) is 27.7 Å². The molecule has 0 unspecified atom stereocenters. The Morgan fingerprint density at radius 1 is 0.882 bits per heavy atom. The summed E-state index contributed by atoms with van der Waals surface area (Å²) in [6.07, 6.45) is 2.98. The Kier molecular flexibility index (Phi) is 7.75. The lowest BCUT2D eigenvalue weighted by atomic mass is 9.90. The molecule has 0 aliphatic carbocycles. The smallest absolute Gasteiger partial charge is 0.241 e. The van der Waals surface area contributed by atoms with E-state index in [2.05, 4.69) is 16.9 Å². The molecule has 1 aliphatic rings. The average Bonchev–Trinajstić information content (AvgIpc) is 2.85. The van der Waals surface area contributed by atoms with Gasteiger partial charge in [0.1, 0.15) is 11.9 Å². The third kappa shape index (κ3) is 6.30. The third-order valence-corrected chi connectivity index (χ3v) is 7.78. The fourth-order valence-electron chi connectivity index (χ4n) is 4.42. The van der Waals surface area contributed by atoms with Gasteiger partial charge in [0.05, 0.1) is 4.90 Å². The molecule has 7 heteroatoms. The number of nitrogens with one attached hydrogen (secondary N) is 1. The van der Waals surface area contributed by atoms with Crippen molar-refractivity contribution in [1.82, 2.24) is 9.62 Å². The van der Waals surface area contributed by atoms with E-state index in [1.165, 1.54) is 17.7 Å². The standard InChI is InChI=1S/C27H29FN2O3S/c28-24-11-13-25(14-12-24)34(32,33)29-26(20-22-9-5-2-6-10-22)27(31)30-17-15-23(16-18-30)19-21-7-3-1-4-8-21/h1-14,23,26,29H,15-20H2/t26-/m1/s1. The summed E-state index contributed by atoms with van der Waals surface area (Å²) in [7, 11) is -4.00. The van der Waals surface area contributed by atoms with Crippen molar-refractivity contribution in [1.29, 1.82) is 0 Å². The van der Waals surface area contributed by atoms with E-state index in [-0.39, 0.29) is 17.2 Å². The van der Waals surface area contributed by atoms with Crippen LogP contribution in [0.25, 0.3) is 0 Å². The quantitative estimate of drug-likeness (QED) is 0.526. The minimum absolute atomic E-state index is 0.0682. The number of carbonyl (C=O) groups excluding carboxylic acids is 1. The second kappa shape index (κ2) is 10.9. The third-order valence-electron chi connectivity index (χ3n) is 6.30. The first-order chi connectivity index (χ1) is 16.4. The van der Waals surface area contributed by atoms with Crippen molar-refractivity contribution in [2.75, 3.05) is 13.1 Å². The lowest BCUT2D eigenvalue weighted by molar-refractivity contribution is -0.134. The Labute approximate surface area is 200 Å². The highest BCUT2D eigenvalue weighted by Gasteiger charge is 2.32. The first-order valence-electron chi connectivity index (χ1n) is 11.6. The van der Waals surface area contributed by atoms with Gasteiger partial charge >= 0.3 is 0 Å². The number of carbonyl (C=O) groups is 1. The Morgan fingerprint density at radius 2 is 1.44 bits per heavy atom. The van der Waals surface area contributed by atoms with Gasteiger partial charge in [-0.15, -0.1) is 0 Å². The Balaban J connectivity index is 1.46. The molecule has 0 spiro atoms. The van der Waals surface area contributed by atoms with Crippen LogP contribution in [-0.4, -0.2) is 38.4 Å². The number of hydrogen-bond donors (Lipinski definition) is 1. The lowest BCUT2D eigenvalue weighted by Gasteiger charge is -2.34. The number of benzene rings is 3. The molecule has 3 aromatic rings. The molecular formula is C27H29FN2O3S. The maximum Gasteiger partial charge on any atom is 0.241 e. The zero-order valence-electron chi connectivity index (χ0n) is 18.9. The van der Waals surface area contributed by atoms with Crippen LogP contribution in [0.1, 0.15) is 24.0 Å². The predicted molar refractivity (Wildman–Crippen MR) is 130 cm³/mol. The van der Waals surface area contributed by atoms with E-state index >= 15 is 0 Å². The zero-order valence-corrected chi connectivity index (χ0v) is 19.8. The Morgan fingerprint density at radius 3 is 2.03 bits per heavy atom. The van der Waals surface area contributed by atoms with E-state index in [1.54, 1.807) is 4.90 Å². The number of hydrogen-bond acceptors (Lipinski definition) is 3. The van der Waals surface area contributed by atoms with Crippen molar-refractivity contribution in [3.8, 4) is 0 Å². The largest absolute Gasteiger partial charge is 0.341 e. The van der Waals surface area contributed by atoms with Gasteiger partial charge in [-0.25, -0.2) is 12.8 Å².